The lowest BCUT2D eigenvalue weighted by atomic mass is 10.0. The largest absolute Gasteiger partial charge is 0.276 e. The van der Waals surface area contributed by atoms with Crippen LogP contribution in [0.3, 0.4) is 0 Å². The van der Waals surface area contributed by atoms with Crippen LogP contribution in [0.15, 0.2) is 36.7 Å². The first-order valence-electron chi connectivity index (χ1n) is 6.35. The molecule has 0 radical (unpaired) electrons. The van der Waals surface area contributed by atoms with Gasteiger partial charge in [-0.25, -0.2) is 4.39 Å². The molecule has 5 heteroatoms. The average molecular weight is 262 g/mol. The van der Waals surface area contributed by atoms with E-state index in [-0.39, 0.29) is 11.9 Å². The van der Waals surface area contributed by atoms with Crippen LogP contribution in [-0.4, -0.2) is 15.8 Å². The minimum absolute atomic E-state index is 0.127. The number of aromatic nitrogens is 2. The summed E-state index contributed by atoms with van der Waals surface area (Å²) in [6.45, 7) is 0. The average Bonchev–Trinajstić information content (AvgIpc) is 2.80. The predicted octanol–water partition coefficient (Wildman–Crippen LogP) is 1.57. The Hall–Kier alpha value is -1.72. The van der Waals surface area contributed by atoms with Crippen molar-refractivity contribution >= 4 is 0 Å². The van der Waals surface area contributed by atoms with Gasteiger partial charge in [-0.05, 0) is 42.5 Å². The number of nitrogens with two attached hydrogens (primary N) is 1. The number of nitrogens with zero attached hydrogens (tertiary/aromatic N) is 2. The molecule has 0 bridgehead atoms. The van der Waals surface area contributed by atoms with Gasteiger partial charge in [0.05, 0.1) is 6.20 Å². The lowest BCUT2D eigenvalue weighted by Gasteiger charge is -2.15. The maximum absolute atomic E-state index is 13.1. The zero-order valence-electron chi connectivity index (χ0n) is 11.0. The van der Waals surface area contributed by atoms with Crippen molar-refractivity contribution in [3.05, 3.63) is 53.6 Å². The van der Waals surface area contributed by atoms with Crippen LogP contribution < -0.4 is 11.3 Å². The van der Waals surface area contributed by atoms with Crippen LogP contribution in [0, 0.1) is 5.82 Å². The quantitative estimate of drug-likeness (QED) is 0.613. The Balaban J connectivity index is 1.89. The molecule has 1 unspecified atom stereocenters. The van der Waals surface area contributed by atoms with Gasteiger partial charge in [0, 0.05) is 19.3 Å². The molecule has 4 nitrogen and oxygen atoms in total. The van der Waals surface area contributed by atoms with Crippen molar-refractivity contribution in [3.8, 4) is 0 Å². The van der Waals surface area contributed by atoms with Gasteiger partial charge in [0.15, 0.2) is 0 Å². The maximum Gasteiger partial charge on any atom is 0.123 e. The fourth-order valence-electron chi connectivity index (χ4n) is 2.13. The van der Waals surface area contributed by atoms with Crippen LogP contribution in [-0.2, 0) is 19.9 Å². The number of aryl methyl sites for hydroxylation is 2. The topological polar surface area (TPSA) is 55.9 Å². The van der Waals surface area contributed by atoms with Crippen molar-refractivity contribution in [3.63, 3.8) is 0 Å². The molecule has 3 N–H and O–H groups in total. The van der Waals surface area contributed by atoms with Crippen LogP contribution >= 0.6 is 0 Å². The Morgan fingerprint density at radius 3 is 2.89 bits per heavy atom. The summed E-state index contributed by atoms with van der Waals surface area (Å²) < 4.78 is 14.9. The Morgan fingerprint density at radius 2 is 2.26 bits per heavy atom. The van der Waals surface area contributed by atoms with Crippen molar-refractivity contribution in [2.24, 2.45) is 12.9 Å². The molecule has 102 valence electrons. The van der Waals surface area contributed by atoms with Gasteiger partial charge in [0.1, 0.15) is 5.82 Å². The highest BCUT2D eigenvalue weighted by atomic mass is 19.1. The molecule has 2 aromatic rings. The number of nitrogens with one attached hydrogen (secondary N) is 1. The zero-order valence-corrected chi connectivity index (χ0v) is 11.0. The number of halogens is 1. The minimum atomic E-state index is -0.208. The minimum Gasteiger partial charge on any atom is -0.276 e. The Labute approximate surface area is 112 Å². The first kappa shape index (κ1) is 13.7. The van der Waals surface area contributed by atoms with E-state index in [9.17, 15) is 4.39 Å². The smallest absolute Gasteiger partial charge is 0.123 e. The summed E-state index contributed by atoms with van der Waals surface area (Å²) in [7, 11) is 1.90. The summed E-state index contributed by atoms with van der Waals surface area (Å²) in [6.07, 6.45) is 6.36. The normalized spacial score (nSPS) is 12.6. The molecule has 0 saturated carbocycles. The second kappa shape index (κ2) is 6.45. The molecule has 0 aliphatic rings. The molecule has 19 heavy (non-hydrogen) atoms. The number of hydrogen-bond donors (Lipinski definition) is 2. The molecule has 1 atom stereocenters. The van der Waals surface area contributed by atoms with Gasteiger partial charge in [-0.1, -0.05) is 12.1 Å². The molecule has 0 spiro atoms. The van der Waals surface area contributed by atoms with Gasteiger partial charge in [0.25, 0.3) is 0 Å². The molecule has 0 aliphatic carbocycles. The molecule has 2 rings (SSSR count). The summed E-state index contributed by atoms with van der Waals surface area (Å²) in [4.78, 5) is 0. The van der Waals surface area contributed by atoms with E-state index in [0.29, 0.717) is 6.42 Å². The lowest BCUT2D eigenvalue weighted by molar-refractivity contribution is 0.490. The van der Waals surface area contributed by atoms with Crippen molar-refractivity contribution in [1.29, 1.82) is 0 Å². The molecular formula is C14H19FN4. The summed E-state index contributed by atoms with van der Waals surface area (Å²) in [6, 6.07) is 6.76. The molecule has 1 heterocycles. The highest BCUT2D eigenvalue weighted by Gasteiger charge is 2.09. The molecule has 0 aliphatic heterocycles. The first-order valence-corrected chi connectivity index (χ1v) is 6.35. The number of benzene rings is 1. The third-order valence-corrected chi connectivity index (χ3v) is 3.15. The fraction of sp³-hybridized carbons (Fsp3) is 0.357. The van der Waals surface area contributed by atoms with Crippen LogP contribution in [0.1, 0.15) is 17.5 Å². The van der Waals surface area contributed by atoms with Gasteiger partial charge in [0.2, 0.25) is 0 Å². The molecule has 0 saturated heterocycles. The van der Waals surface area contributed by atoms with Gasteiger partial charge in [-0.2, -0.15) is 5.10 Å². The van der Waals surface area contributed by atoms with Crippen LogP contribution in [0.2, 0.25) is 0 Å². The Kier molecular flexibility index (Phi) is 4.65. The van der Waals surface area contributed by atoms with E-state index in [0.717, 1.165) is 18.4 Å². The standard InChI is InChI=1S/C14H19FN4/c1-19-10-12(9-17-19)5-6-14(18-16)8-11-3-2-4-13(15)7-11/h2-4,7,9-10,14,18H,5-6,8,16H2,1H3. The molecular weight excluding hydrogens is 243 g/mol. The summed E-state index contributed by atoms with van der Waals surface area (Å²) in [5, 5.41) is 4.13. The van der Waals surface area contributed by atoms with E-state index in [1.54, 1.807) is 16.8 Å². The third kappa shape index (κ3) is 4.15. The Bertz CT molecular complexity index is 524. The zero-order chi connectivity index (χ0) is 13.7. The van der Waals surface area contributed by atoms with Crippen molar-refractivity contribution < 1.29 is 4.39 Å². The monoisotopic (exact) mass is 262 g/mol. The van der Waals surface area contributed by atoms with E-state index in [1.165, 1.54) is 11.6 Å². The molecule has 0 fully saturated rings. The lowest BCUT2D eigenvalue weighted by Crippen LogP contribution is -2.37. The van der Waals surface area contributed by atoms with Crippen LogP contribution in [0.4, 0.5) is 4.39 Å². The van der Waals surface area contributed by atoms with Crippen molar-refractivity contribution in [1.82, 2.24) is 15.2 Å². The summed E-state index contributed by atoms with van der Waals surface area (Å²) in [5.41, 5.74) is 4.93. The third-order valence-electron chi connectivity index (χ3n) is 3.15. The number of hydrogen-bond acceptors (Lipinski definition) is 3. The van der Waals surface area contributed by atoms with Gasteiger partial charge in [-0.3, -0.25) is 16.0 Å². The van der Waals surface area contributed by atoms with E-state index in [4.69, 9.17) is 5.84 Å². The van der Waals surface area contributed by atoms with Crippen LogP contribution in [0.25, 0.3) is 0 Å². The SMILES string of the molecule is Cn1cc(CCC(Cc2cccc(F)c2)NN)cn1. The van der Waals surface area contributed by atoms with E-state index < -0.39 is 0 Å². The highest BCUT2D eigenvalue weighted by Crippen LogP contribution is 2.10. The van der Waals surface area contributed by atoms with Gasteiger partial charge >= 0.3 is 0 Å². The van der Waals surface area contributed by atoms with E-state index >= 15 is 0 Å². The van der Waals surface area contributed by atoms with Crippen molar-refractivity contribution in [2.45, 2.75) is 25.3 Å². The number of rotatable bonds is 6. The van der Waals surface area contributed by atoms with Gasteiger partial charge in [-0.15, -0.1) is 0 Å². The van der Waals surface area contributed by atoms with Crippen molar-refractivity contribution in [2.75, 3.05) is 0 Å². The molecule has 1 aromatic heterocycles. The fourth-order valence-corrected chi connectivity index (χ4v) is 2.13. The van der Waals surface area contributed by atoms with Gasteiger partial charge < -0.3 is 0 Å². The maximum atomic E-state index is 13.1. The van der Waals surface area contributed by atoms with Crippen LogP contribution in [0.5, 0.6) is 0 Å². The second-order valence-corrected chi connectivity index (χ2v) is 4.76. The Morgan fingerprint density at radius 1 is 1.42 bits per heavy atom. The highest BCUT2D eigenvalue weighted by molar-refractivity contribution is 5.17. The van der Waals surface area contributed by atoms with E-state index in [1.807, 2.05) is 25.5 Å². The van der Waals surface area contributed by atoms with E-state index in [2.05, 4.69) is 10.5 Å². The predicted molar refractivity (Wildman–Crippen MR) is 72.7 cm³/mol. The molecule has 1 aromatic carbocycles. The number of hydrazine groups is 1. The molecule has 0 amide bonds. The summed E-state index contributed by atoms with van der Waals surface area (Å²) >= 11 is 0. The first-order chi connectivity index (χ1) is 9.17. The summed E-state index contributed by atoms with van der Waals surface area (Å²) in [5.74, 6) is 5.36. The second-order valence-electron chi connectivity index (χ2n) is 4.76.